The largest absolute Gasteiger partial charge is 0.465 e. The summed E-state index contributed by atoms with van der Waals surface area (Å²) in [5.41, 5.74) is 0.492. The molecular weight excluding hydrogens is 344 g/mol. The van der Waals surface area contributed by atoms with Gasteiger partial charge in [-0.25, -0.2) is 0 Å². The lowest BCUT2D eigenvalue weighted by atomic mass is 10.2. The number of carbonyl (C=O) groups excluding carboxylic acids is 2. The van der Waals surface area contributed by atoms with Crippen LogP contribution < -0.4 is 10.6 Å². The van der Waals surface area contributed by atoms with Crippen LogP contribution in [0.1, 0.15) is 16.3 Å². The van der Waals surface area contributed by atoms with E-state index >= 15 is 0 Å². The number of furan rings is 2. The van der Waals surface area contributed by atoms with Crippen LogP contribution in [0.3, 0.4) is 0 Å². The van der Waals surface area contributed by atoms with Crippen LogP contribution in [0.25, 0.3) is 6.08 Å². The van der Waals surface area contributed by atoms with Crippen LogP contribution in [-0.4, -0.2) is 11.8 Å². The molecule has 0 aliphatic heterocycles. The average molecular weight is 357 g/mol. The fraction of sp³-hybridized carbons (Fsp3) is 0. The lowest BCUT2D eigenvalue weighted by molar-refractivity contribution is -0.113. The maximum absolute atomic E-state index is 12.5. The summed E-state index contributed by atoms with van der Waals surface area (Å²) in [6, 6.07) is 13.1. The van der Waals surface area contributed by atoms with Gasteiger partial charge in [0.15, 0.2) is 5.76 Å². The summed E-state index contributed by atoms with van der Waals surface area (Å²) in [5.74, 6) is -0.584. The van der Waals surface area contributed by atoms with Gasteiger partial charge in [-0.3, -0.25) is 9.59 Å². The fourth-order valence-electron chi connectivity index (χ4n) is 2.03. The first-order valence-corrected chi connectivity index (χ1v) is 7.66. The van der Waals surface area contributed by atoms with E-state index < -0.39 is 11.8 Å². The molecule has 2 heterocycles. The highest BCUT2D eigenvalue weighted by molar-refractivity contribution is 6.31. The number of amides is 2. The molecule has 126 valence electrons. The molecule has 0 atom stereocenters. The maximum atomic E-state index is 12.5. The zero-order chi connectivity index (χ0) is 17.6. The van der Waals surface area contributed by atoms with Gasteiger partial charge in [-0.05, 0) is 42.5 Å². The number of rotatable bonds is 5. The first-order valence-electron chi connectivity index (χ1n) is 7.29. The molecule has 0 unspecified atom stereocenters. The smallest absolute Gasteiger partial charge is 0.291 e. The highest BCUT2D eigenvalue weighted by Crippen LogP contribution is 2.16. The second kappa shape index (κ2) is 7.55. The second-order valence-electron chi connectivity index (χ2n) is 4.97. The third-order valence-corrected chi connectivity index (χ3v) is 3.39. The minimum atomic E-state index is -0.552. The molecule has 25 heavy (non-hydrogen) atoms. The lowest BCUT2D eigenvalue weighted by Crippen LogP contribution is -2.30. The Labute approximate surface area is 148 Å². The predicted molar refractivity (Wildman–Crippen MR) is 92.9 cm³/mol. The van der Waals surface area contributed by atoms with Crippen molar-refractivity contribution in [2.24, 2.45) is 0 Å². The van der Waals surface area contributed by atoms with Crippen molar-refractivity contribution < 1.29 is 18.4 Å². The zero-order valence-electron chi connectivity index (χ0n) is 12.9. The molecule has 0 saturated heterocycles. The van der Waals surface area contributed by atoms with Crippen molar-refractivity contribution in [1.29, 1.82) is 0 Å². The zero-order valence-corrected chi connectivity index (χ0v) is 13.6. The molecular formula is C18H13ClN2O4. The Balaban J connectivity index is 1.83. The first-order chi connectivity index (χ1) is 12.1. The Bertz CT molecular complexity index is 899. The Morgan fingerprint density at radius 2 is 1.80 bits per heavy atom. The molecule has 0 fully saturated rings. The number of benzene rings is 1. The molecule has 0 aliphatic carbocycles. The molecule has 1 aromatic carbocycles. The molecule has 2 amide bonds. The summed E-state index contributed by atoms with van der Waals surface area (Å²) in [4.78, 5) is 24.7. The van der Waals surface area contributed by atoms with E-state index in [0.29, 0.717) is 16.5 Å². The molecule has 2 N–H and O–H groups in total. The molecule has 6 nitrogen and oxygen atoms in total. The summed E-state index contributed by atoms with van der Waals surface area (Å²) in [6.07, 6.45) is 4.25. The maximum Gasteiger partial charge on any atom is 0.291 e. The van der Waals surface area contributed by atoms with Gasteiger partial charge in [0.05, 0.1) is 12.5 Å². The molecule has 0 bridgehead atoms. The molecule has 3 rings (SSSR count). The molecule has 2 aromatic heterocycles. The highest BCUT2D eigenvalue weighted by Gasteiger charge is 2.17. The van der Waals surface area contributed by atoms with E-state index in [0.717, 1.165) is 0 Å². The summed E-state index contributed by atoms with van der Waals surface area (Å²) < 4.78 is 10.2. The first kappa shape index (κ1) is 16.6. The quantitative estimate of drug-likeness (QED) is 0.678. The van der Waals surface area contributed by atoms with Crippen molar-refractivity contribution in [2.45, 2.75) is 0 Å². The Hall–Kier alpha value is -3.25. The minimum absolute atomic E-state index is 0.00340. The van der Waals surface area contributed by atoms with Gasteiger partial charge in [0.2, 0.25) is 0 Å². The van der Waals surface area contributed by atoms with Crippen LogP contribution in [0.15, 0.2) is 75.6 Å². The van der Waals surface area contributed by atoms with Crippen molar-refractivity contribution in [2.75, 3.05) is 5.32 Å². The van der Waals surface area contributed by atoms with E-state index in [9.17, 15) is 9.59 Å². The van der Waals surface area contributed by atoms with Crippen LogP contribution in [-0.2, 0) is 4.79 Å². The van der Waals surface area contributed by atoms with E-state index in [2.05, 4.69) is 10.6 Å². The van der Waals surface area contributed by atoms with Gasteiger partial charge in [0.25, 0.3) is 11.8 Å². The highest BCUT2D eigenvalue weighted by atomic mass is 35.5. The molecule has 0 aliphatic rings. The predicted octanol–water partition coefficient (Wildman–Crippen LogP) is 3.94. The number of nitrogens with one attached hydrogen (secondary N) is 2. The number of halogens is 1. The van der Waals surface area contributed by atoms with Crippen molar-refractivity contribution in [3.8, 4) is 0 Å². The normalized spacial score (nSPS) is 11.2. The molecule has 0 radical (unpaired) electrons. The van der Waals surface area contributed by atoms with E-state index in [1.54, 1.807) is 42.5 Å². The molecule has 7 heteroatoms. The Morgan fingerprint density at radius 3 is 2.48 bits per heavy atom. The third kappa shape index (κ3) is 4.39. The molecule has 0 spiro atoms. The standard InChI is InChI=1S/C18H13ClN2O4/c19-12-4-1-5-13(10-12)20-17(22)15(11-14-6-2-8-24-14)21-18(23)16-7-3-9-25-16/h1-11H,(H,20,22)(H,21,23). The number of hydrogen-bond donors (Lipinski definition) is 2. The second-order valence-corrected chi connectivity index (χ2v) is 5.41. The fourth-order valence-corrected chi connectivity index (χ4v) is 2.22. The van der Waals surface area contributed by atoms with Gasteiger partial charge in [-0.2, -0.15) is 0 Å². The average Bonchev–Trinajstić information content (AvgIpc) is 3.28. The van der Waals surface area contributed by atoms with Crippen LogP contribution in [0, 0.1) is 0 Å². The Morgan fingerprint density at radius 1 is 1.00 bits per heavy atom. The van der Waals surface area contributed by atoms with Crippen LogP contribution in [0.4, 0.5) is 5.69 Å². The van der Waals surface area contributed by atoms with E-state index in [1.165, 1.54) is 24.7 Å². The van der Waals surface area contributed by atoms with Crippen LogP contribution in [0.5, 0.6) is 0 Å². The van der Waals surface area contributed by atoms with Gasteiger partial charge in [0.1, 0.15) is 11.5 Å². The third-order valence-electron chi connectivity index (χ3n) is 3.15. The van der Waals surface area contributed by atoms with Gasteiger partial charge >= 0.3 is 0 Å². The van der Waals surface area contributed by atoms with Crippen molar-refractivity contribution in [3.05, 3.63) is 83.3 Å². The topological polar surface area (TPSA) is 84.5 Å². The van der Waals surface area contributed by atoms with Gasteiger partial charge < -0.3 is 19.5 Å². The lowest BCUT2D eigenvalue weighted by Gasteiger charge is -2.10. The van der Waals surface area contributed by atoms with Crippen molar-refractivity contribution >= 4 is 35.2 Å². The summed E-state index contributed by atoms with van der Waals surface area (Å²) in [7, 11) is 0. The molecule has 0 saturated carbocycles. The minimum Gasteiger partial charge on any atom is -0.465 e. The van der Waals surface area contributed by atoms with Gasteiger partial charge in [-0.15, -0.1) is 0 Å². The van der Waals surface area contributed by atoms with Crippen molar-refractivity contribution in [3.63, 3.8) is 0 Å². The number of hydrogen-bond acceptors (Lipinski definition) is 4. The van der Waals surface area contributed by atoms with Crippen molar-refractivity contribution in [1.82, 2.24) is 5.32 Å². The van der Waals surface area contributed by atoms with E-state index in [-0.39, 0.29) is 11.5 Å². The van der Waals surface area contributed by atoms with Gasteiger partial charge in [0, 0.05) is 16.8 Å². The van der Waals surface area contributed by atoms with E-state index in [1.807, 2.05) is 0 Å². The summed E-state index contributed by atoms with van der Waals surface area (Å²) in [5, 5.41) is 5.66. The number of anilines is 1. The summed E-state index contributed by atoms with van der Waals surface area (Å²) in [6.45, 7) is 0. The Kier molecular flexibility index (Phi) is 5.01. The number of carbonyl (C=O) groups is 2. The van der Waals surface area contributed by atoms with Crippen LogP contribution >= 0.6 is 11.6 Å². The van der Waals surface area contributed by atoms with Crippen LogP contribution in [0.2, 0.25) is 5.02 Å². The van der Waals surface area contributed by atoms with Gasteiger partial charge in [-0.1, -0.05) is 17.7 Å². The monoisotopic (exact) mass is 356 g/mol. The molecule has 3 aromatic rings. The SMILES string of the molecule is O=C(Nc1cccc(Cl)c1)C(=Cc1ccco1)NC(=O)c1ccco1. The summed E-state index contributed by atoms with van der Waals surface area (Å²) >= 11 is 5.91. The van der Waals surface area contributed by atoms with E-state index in [4.69, 9.17) is 20.4 Å².